The molecule has 0 fully saturated rings. The number of rotatable bonds is 7. The maximum atomic E-state index is 12.9. The van der Waals surface area contributed by atoms with Crippen LogP contribution in [-0.4, -0.2) is 41.5 Å². The first-order valence-electron chi connectivity index (χ1n) is 12.0. The van der Waals surface area contributed by atoms with Gasteiger partial charge >= 0.3 is 5.97 Å². The summed E-state index contributed by atoms with van der Waals surface area (Å²) >= 11 is 0. The molecule has 0 radical (unpaired) electrons. The number of carbonyl (C=O) groups is 1. The van der Waals surface area contributed by atoms with E-state index in [1.54, 1.807) is 34.5 Å². The molecule has 0 aromatic heterocycles. The molecule has 194 valence electrons. The number of carbonyl (C=O) groups excluding carboxylic acids is 1. The predicted octanol–water partition coefficient (Wildman–Crippen LogP) is 6.01. The Morgan fingerprint density at radius 2 is 1.32 bits per heavy atom. The van der Waals surface area contributed by atoms with Gasteiger partial charge in [-0.25, -0.2) is 4.79 Å². The van der Waals surface area contributed by atoms with E-state index in [1.807, 2.05) is 72.8 Å². The fourth-order valence-electron chi connectivity index (χ4n) is 4.89. The Kier molecular flexibility index (Phi) is 6.59. The third-order valence-corrected chi connectivity index (χ3v) is 6.84. The molecule has 38 heavy (non-hydrogen) atoms. The SMILES string of the molecule is COC(=O)c1cc2c(OC)c(OC)ccc2c2c1C=CC(c1ccc(OC)cc1)(c1ccc(OC)cc1)O2. The van der Waals surface area contributed by atoms with Gasteiger partial charge in [-0.05, 0) is 54.6 Å². The summed E-state index contributed by atoms with van der Waals surface area (Å²) in [5.41, 5.74) is 1.72. The zero-order chi connectivity index (χ0) is 26.9. The lowest BCUT2D eigenvalue weighted by Gasteiger charge is -2.37. The molecule has 0 bridgehead atoms. The van der Waals surface area contributed by atoms with Crippen molar-refractivity contribution in [1.82, 2.24) is 0 Å². The van der Waals surface area contributed by atoms with E-state index in [9.17, 15) is 4.79 Å². The minimum absolute atomic E-state index is 0.357. The molecule has 5 rings (SSSR count). The van der Waals surface area contributed by atoms with Crippen molar-refractivity contribution in [3.8, 4) is 28.7 Å². The van der Waals surface area contributed by atoms with E-state index >= 15 is 0 Å². The molecule has 1 aliphatic heterocycles. The van der Waals surface area contributed by atoms with Gasteiger partial charge < -0.3 is 28.4 Å². The van der Waals surface area contributed by atoms with Crippen LogP contribution in [-0.2, 0) is 10.3 Å². The number of hydrogen-bond donors (Lipinski definition) is 0. The molecule has 0 unspecified atom stereocenters. The monoisotopic (exact) mass is 512 g/mol. The molecule has 4 aromatic rings. The van der Waals surface area contributed by atoms with Crippen LogP contribution in [0.15, 0.2) is 72.8 Å². The normalized spacial score (nSPS) is 13.3. The lowest BCUT2D eigenvalue weighted by atomic mass is 9.82. The highest BCUT2D eigenvalue weighted by atomic mass is 16.5. The van der Waals surface area contributed by atoms with Gasteiger partial charge in [0.2, 0.25) is 0 Å². The van der Waals surface area contributed by atoms with Crippen molar-refractivity contribution in [3.63, 3.8) is 0 Å². The first kappa shape index (κ1) is 25.0. The first-order chi connectivity index (χ1) is 18.5. The van der Waals surface area contributed by atoms with E-state index in [-0.39, 0.29) is 0 Å². The Morgan fingerprint density at radius 1 is 0.711 bits per heavy atom. The van der Waals surface area contributed by atoms with Gasteiger partial charge in [-0.3, -0.25) is 0 Å². The molecule has 0 saturated heterocycles. The van der Waals surface area contributed by atoms with Gasteiger partial charge in [0, 0.05) is 27.5 Å². The lowest BCUT2D eigenvalue weighted by Crippen LogP contribution is -2.34. The summed E-state index contributed by atoms with van der Waals surface area (Å²) in [5, 5.41) is 1.43. The Bertz CT molecular complexity index is 1470. The average molecular weight is 513 g/mol. The number of methoxy groups -OCH3 is 5. The second-order valence-corrected chi connectivity index (χ2v) is 8.68. The molecule has 0 saturated carbocycles. The summed E-state index contributed by atoms with van der Waals surface area (Å²) < 4.78 is 34.1. The van der Waals surface area contributed by atoms with Crippen LogP contribution in [0.25, 0.3) is 16.8 Å². The van der Waals surface area contributed by atoms with Crippen molar-refractivity contribution >= 4 is 22.8 Å². The number of hydrogen-bond acceptors (Lipinski definition) is 7. The van der Waals surface area contributed by atoms with Crippen molar-refractivity contribution in [3.05, 3.63) is 95.1 Å². The Balaban J connectivity index is 1.81. The minimum Gasteiger partial charge on any atom is -0.497 e. The maximum absolute atomic E-state index is 12.9. The highest BCUT2D eigenvalue weighted by Crippen LogP contribution is 2.49. The van der Waals surface area contributed by atoms with E-state index in [4.69, 9.17) is 28.4 Å². The maximum Gasteiger partial charge on any atom is 0.338 e. The largest absolute Gasteiger partial charge is 0.497 e. The highest BCUT2D eigenvalue weighted by molar-refractivity contribution is 6.06. The third-order valence-electron chi connectivity index (χ3n) is 6.84. The number of ether oxygens (including phenoxy) is 6. The molecule has 7 nitrogen and oxygen atoms in total. The van der Waals surface area contributed by atoms with Crippen molar-refractivity contribution < 1.29 is 33.2 Å². The van der Waals surface area contributed by atoms with Crippen LogP contribution in [0.4, 0.5) is 0 Å². The number of fused-ring (bicyclic) bond motifs is 3. The van der Waals surface area contributed by atoms with E-state index in [0.29, 0.717) is 33.8 Å². The fourth-order valence-corrected chi connectivity index (χ4v) is 4.89. The molecule has 1 aliphatic rings. The average Bonchev–Trinajstić information content (AvgIpc) is 2.99. The van der Waals surface area contributed by atoms with Crippen molar-refractivity contribution in [2.75, 3.05) is 35.5 Å². The summed E-state index contributed by atoms with van der Waals surface area (Å²) in [6.07, 6.45) is 3.87. The molecular weight excluding hydrogens is 484 g/mol. The molecule has 0 amide bonds. The highest BCUT2D eigenvalue weighted by Gasteiger charge is 2.39. The van der Waals surface area contributed by atoms with Gasteiger partial charge in [0.15, 0.2) is 17.1 Å². The summed E-state index contributed by atoms with van der Waals surface area (Å²) in [6, 6.07) is 20.9. The summed E-state index contributed by atoms with van der Waals surface area (Å²) in [4.78, 5) is 12.9. The summed E-state index contributed by atoms with van der Waals surface area (Å²) in [6.45, 7) is 0. The van der Waals surface area contributed by atoms with Crippen LogP contribution in [0.2, 0.25) is 0 Å². The lowest BCUT2D eigenvalue weighted by molar-refractivity contribution is 0.0599. The molecule has 1 heterocycles. The van der Waals surface area contributed by atoms with Crippen LogP contribution in [0, 0.1) is 0 Å². The predicted molar refractivity (Wildman–Crippen MR) is 145 cm³/mol. The van der Waals surface area contributed by atoms with Crippen molar-refractivity contribution in [2.45, 2.75) is 5.60 Å². The van der Waals surface area contributed by atoms with E-state index in [1.165, 1.54) is 7.11 Å². The van der Waals surface area contributed by atoms with Crippen LogP contribution < -0.4 is 23.7 Å². The minimum atomic E-state index is -1.01. The first-order valence-corrected chi connectivity index (χ1v) is 12.0. The van der Waals surface area contributed by atoms with E-state index < -0.39 is 11.6 Å². The molecule has 0 atom stereocenters. The molecular formula is C31H28O7. The number of esters is 1. The fraction of sp³-hybridized carbons (Fsp3) is 0.194. The standard InChI is InChI=1S/C31H28O7/c1-33-21-10-6-19(7-11-21)31(20-8-12-22(34-2)13-9-20)17-16-24-26(30(32)37-5)18-25-23(28(24)38-31)14-15-27(35-3)29(25)36-4/h6-18H,1-5H3. The quantitative estimate of drug-likeness (QED) is 0.281. The van der Waals surface area contributed by atoms with Gasteiger partial charge in [0.05, 0.1) is 41.1 Å². The van der Waals surface area contributed by atoms with Gasteiger partial charge in [-0.1, -0.05) is 24.3 Å². The van der Waals surface area contributed by atoms with Crippen LogP contribution in [0.1, 0.15) is 27.0 Å². The second kappa shape index (κ2) is 10.0. The van der Waals surface area contributed by atoms with Gasteiger partial charge in [-0.15, -0.1) is 0 Å². The van der Waals surface area contributed by atoms with Gasteiger partial charge in [0.1, 0.15) is 17.2 Å². The van der Waals surface area contributed by atoms with Crippen LogP contribution in [0.5, 0.6) is 28.7 Å². The summed E-state index contributed by atoms with van der Waals surface area (Å²) in [7, 11) is 7.75. The molecule has 0 N–H and O–H groups in total. The van der Waals surface area contributed by atoms with Crippen molar-refractivity contribution in [1.29, 1.82) is 0 Å². The Morgan fingerprint density at radius 3 is 1.82 bits per heavy atom. The zero-order valence-electron chi connectivity index (χ0n) is 21.9. The topological polar surface area (TPSA) is 72.5 Å². The smallest absolute Gasteiger partial charge is 0.338 e. The third kappa shape index (κ3) is 3.96. The van der Waals surface area contributed by atoms with Gasteiger partial charge in [-0.2, -0.15) is 0 Å². The van der Waals surface area contributed by atoms with E-state index in [2.05, 4.69) is 0 Å². The van der Waals surface area contributed by atoms with Crippen LogP contribution in [0.3, 0.4) is 0 Å². The van der Waals surface area contributed by atoms with E-state index in [0.717, 1.165) is 28.0 Å². The Labute approximate surface area is 221 Å². The number of benzene rings is 4. The second-order valence-electron chi connectivity index (χ2n) is 8.68. The van der Waals surface area contributed by atoms with Gasteiger partial charge in [0.25, 0.3) is 0 Å². The zero-order valence-corrected chi connectivity index (χ0v) is 21.9. The Hall–Kier alpha value is -4.65. The molecule has 0 aliphatic carbocycles. The van der Waals surface area contributed by atoms with Crippen molar-refractivity contribution in [2.24, 2.45) is 0 Å². The molecule has 7 heteroatoms. The van der Waals surface area contributed by atoms with Crippen LogP contribution >= 0.6 is 0 Å². The summed E-state index contributed by atoms with van der Waals surface area (Å²) in [5.74, 6) is 2.54. The molecule has 4 aromatic carbocycles. The molecule has 0 spiro atoms.